The monoisotopic (exact) mass is 422 g/mol. The number of carbonyl (C=O) groups is 2. The Kier molecular flexibility index (Phi) is 6.31. The van der Waals surface area contributed by atoms with E-state index in [4.69, 9.17) is 16.3 Å². The van der Waals surface area contributed by atoms with Gasteiger partial charge in [0.2, 0.25) is 0 Å². The number of nitro groups is 1. The van der Waals surface area contributed by atoms with Crippen LogP contribution in [-0.4, -0.2) is 22.9 Å². The fourth-order valence-electron chi connectivity index (χ4n) is 2.99. The van der Waals surface area contributed by atoms with Crippen molar-refractivity contribution in [1.82, 2.24) is 0 Å². The van der Waals surface area contributed by atoms with E-state index in [-0.39, 0.29) is 16.4 Å². The third-order valence-corrected chi connectivity index (χ3v) is 6.05. The summed E-state index contributed by atoms with van der Waals surface area (Å²) in [5.41, 5.74) is 1.23. The number of hydrogen-bond acceptors (Lipinski definition) is 6. The van der Waals surface area contributed by atoms with Crippen LogP contribution in [0.1, 0.15) is 46.3 Å². The second kappa shape index (κ2) is 8.70. The van der Waals surface area contributed by atoms with Gasteiger partial charge in [-0.2, -0.15) is 0 Å². The topological polar surface area (TPSA) is 98.5 Å². The molecule has 1 aliphatic carbocycles. The summed E-state index contributed by atoms with van der Waals surface area (Å²) in [6.07, 6.45) is 4.34. The Morgan fingerprint density at radius 1 is 1.25 bits per heavy atom. The number of non-ortho nitro benzene ring substituents is 1. The standard InChI is InChI=1S/C19H19ClN2O5S/c1-11(18(23)21-15-8-7-13(22(25)26)10-14(15)20)27-19(24)17-9-12-5-3-2-4-6-16(12)28-17/h7-11H,2-6H2,1H3,(H,21,23). The molecule has 0 fully saturated rings. The quantitative estimate of drug-likeness (QED) is 0.324. The lowest BCUT2D eigenvalue weighted by Crippen LogP contribution is -2.29. The minimum atomic E-state index is -1.04. The first kappa shape index (κ1) is 20.3. The van der Waals surface area contributed by atoms with Gasteiger partial charge in [-0.25, -0.2) is 4.79 Å². The maximum absolute atomic E-state index is 12.4. The second-order valence-electron chi connectivity index (χ2n) is 6.58. The average molecular weight is 423 g/mol. The number of carbonyl (C=O) groups excluding carboxylic acids is 2. The molecule has 1 heterocycles. The Balaban J connectivity index is 1.62. The Hall–Kier alpha value is -2.45. The molecule has 0 radical (unpaired) electrons. The van der Waals surface area contributed by atoms with E-state index in [1.165, 1.54) is 47.3 Å². The van der Waals surface area contributed by atoms with Crippen molar-refractivity contribution >= 4 is 46.2 Å². The van der Waals surface area contributed by atoms with E-state index in [1.54, 1.807) is 0 Å². The molecule has 0 saturated carbocycles. The number of hydrogen-bond donors (Lipinski definition) is 1. The molecule has 1 atom stereocenters. The van der Waals surface area contributed by atoms with E-state index >= 15 is 0 Å². The van der Waals surface area contributed by atoms with E-state index in [0.29, 0.717) is 4.88 Å². The van der Waals surface area contributed by atoms with Gasteiger partial charge in [0, 0.05) is 17.0 Å². The maximum atomic E-state index is 12.4. The van der Waals surface area contributed by atoms with Gasteiger partial charge >= 0.3 is 5.97 Å². The van der Waals surface area contributed by atoms with Crippen molar-refractivity contribution < 1.29 is 19.2 Å². The van der Waals surface area contributed by atoms with E-state index in [0.717, 1.165) is 31.7 Å². The zero-order chi connectivity index (χ0) is 20.3. The lowest BCUT2D eigenvalue weighted by atomic mass is 10.1. The molecule has 0 bridgehead atoms. The predicted octanol–water partition coefficient (Wildman–Crippen LogP) is 4.76. The number of halogens is 1. The fraction of sp³-hybridized carbons (Fsp3) is 0.368. The highest BCUT2D eigenvalue weighted by Crippen LogP contribution is 2.30. The number of nitrogens with one attached hydrogen (secondary N) is 1. The first-order valence-electron chi connectivity index (χ1n) is 8.92. The highest BCUT2D eigenvalue weighted by molar-refractivity contribution is 7.14. The summed E-state index contributed by atoms with van der Waals surface area (Å²) < 4.78 is 5.29. The molecule has 7 nitrogen and oxygen atoms in total. The number of esters is 1. The number of fused-ring (bicyclic) bond motifs is 1. The average Bonchev–Trinajstić information content (AvgIpc) is 2.94. The maximum Gasteiger partial charge on any atom is 0.349 e. The van der Waals surface area contributed by atoms with Gasteiger partial charge in [0.25, 0.3) is 11.6 Å². The minimum absolute atomic E-state index is 0.0306. The number of rotatable bonds is 5. The van der Waals surface area contributed by atoms with Gasteiger partial charge in [0.15, 0.2) is 6.10 Å². The van der Waals surface area contributed by atoms with Gasteiger partial charge in [-0.3, -0.25) is 14.9 Å². The molecule has 1 N–H and O–H groups in total. The van der Waals surface area contributed by atoms with Gasteiger partial charge < -0.3 is 10.1 Å². The number of nitro benzene ring substituents is 1. The number of benzene rings is 1. The predicted molar refractivity (Wildman–Crippen MR) is 107 cm³/mol. The Morgan fingerprint density at radius 3 is 2.71 bits per heavy atom. The van der Waals surface area contributed by atoms with Crippen LogP contribution in [0, 0.1) is 10.1 Å². The van der Waals surface area contributed by atoms with Crippen molar-refractivity contribution in [3.63, 3.8) is 0 Å². The summed E-state index contributed by atoms with van der Waals surface area (Å²) in [4.78, 5) is 36.6. The normalized spacial score (nSPS) is 14.5. The van der Waals surface area contributed by atoms with Gasteiger partial charge in [0.05, 0.1) is 15.6 Å². The second-order valence-corrected chi connectivity index (χ2v) is 8.12. The molecule has 2 aromatic rings. The Labute approximate surface area is 170 Å². The lowest BCUT2D eigenvalue weighted by molar-refractivity contribution is -0.384. The summed E-state index contributed by atoms with van der Waals surface area (Å²) in [7, 11) is 0. The molecule has 1 aromatic heterocycles. The first-order chi connectivity index (χ1) is 13.3. The zero-order valence-electron chi connectivity index (χ0n) is 15.2. The van der Waals surface area contributed by atoms with Crippen molar-refractivity contribution in [2.75, 3.05) is 5.32 Å². The molecule has 28 heavy (non-hydrogen) atoms. The van der Waals surface area contributed by atoms with Crippen LogP contribution in [-0.2, 0) is 22.4 Å². The summed E-state index contributed by atoms with van der Waals surface area (Å²) in [6.45, 7) is 1.46. The van der Waals surface area contributed by atoms with Crippen molar-refractivity contribution in [3.05, 3.63) is 54.7 Å². The molecule has 148 valence electrons. The van der Waals surface area contributed by atoms with Crippen LogP contribution in [0.5, 0.6) is 0 Å². The van der Waals surface area contributed by atoms with E-state index in [1.807, 2.05) is 6.07 Å². The SMILES string of the molecule is CC(OC(=O)c1cc2c(s1)CCCCC2)C(=O)Nc1ccc([N+](=O)[O-])cc1Cl. The lowest BCUT2D eigenvalue weighted by Gasteiger charge is -2.13. The number of amides is 1. The molecule has 1 aliphatic rings. The molecule has 0 saturated heterocycles. The molecular weight excluding hydrogens is 404 g/mol. The van der Waals surface area contributed by atoms with Gasteiger partial charge in [-0.1, -0.05) is 18.0 Å². The number of anilines is 1. The summed E-state index contributed by atoms with van der Waals surface area (Å²) >= 11 is 7.40. The molecule has 1 amide bonds. The minimum Gasteiger partial charge on any atom is -0.448 e. The van der Waals surface area contributed by atoms with E-state index < -0.39 is 22.9 Å². The third kappa shape index (κ3) is 4.69. The van der Waals surface area contributed by atoms with Crippen molar-refractivity contribution in [1.29, 1.82) is 0 Å². The third-order valence-electron chi connectivity index (χ3n) is 4.52. The van der Waals surface area contributed by atoms with Crippen LogP contribution in [0.25, 0.3) is 0 Å². The fourth-order valence-corrected chi connectivity index (χ4v) is 4.35. The van der Waals surface area contributed by atoms with Crippen LogP contribution in [0.3, 0.4) is 0 Å². The number of ether oxygens (including phenoxy) is 1. The Morgan fingerprint density at radius 2 is 2.00 bits per heavy atom. The number of thiophene rings is 1. The molecule has 0 spiro atoms. The first-order valence-corrected chi connectivity index (χ1v) is 10.1. The summed E-state index contributed by atoms with van der Waals surface area (Å²) in [5.74, 6) is -1.10. The highest BCUT2D eigenvalue weighted by Gasteiger charge is 2.23. The van der Waals surface area contributed by atoms with Gasteiger partial charge in [-0.15, -0.1) is 11.3 Å². The molecule has 3 rings (SSSR count). The number of aryl methyl sites for hydroxylation is 2. The Bertz CT molecular complexity index is 904. The van der Waals surface area contributed by atoms with Crippen LogP contribution in [0.4, 0.5) is 11.4 Å². The summed E-state index contributed by atoms with van der Waals surface area (Å²) in [5, 5.41) is 13.3. The number of nitrogens with zero attached hydrogens (tertiary/aromatic N) is 1. The molecule has 1 unspecified atom stereocenters. The van der Waals surface area contributed by atoms with Crippen LogP contribution in [0.15, 0.2) is 24.3 Å². The van der Waals surface area contributed by atoms with Crippen molar-refractivity contribution in [2.45, 2.75) is 45.1 Å². The van der Waals surface area contributed by atoms with Gasteiger partial charge in [0.1, 0.15) is 4.88 Å². The van der Waals surface area contributed by atoms with E-state index in [9.17, 15) is 19.7 Å². The molecule has 1 aromatic carbocycles. The highest BCUT2D eigenvalue weighted by atomic mass is 35.5. The smallest absolute Gasteiger partial charge is 0.349 e. The zero-order valence-corrected chi connectivity index (χ0v) is 16.8. The van der Waals surface area contributed by atoms with E-state index in [2.05, 4.69) is 5.32 Å². The van der Waals surface area contributed by atoms with Gasteiger partial charge in [-0.05, 0) is 50.3 Å². The van der Waals surface area contributed by atoms with Crippen LogP contribution >= 0.6 is 22.9 Å². The van der Waals surface area contributed by atoms with Crippen molar-refractivity contribution in [2.24, 2.45) is 0 Å². The largest absolute Gasteiger partial charge is 0.448 e. The van der Waals surface area contributed by atoms with Crippen LogP contribution < -0.4 is 5.32 Å². The molecular formula is C19H19ClN2O5S. The summed E-state index contributed by atoms with van der Waals surface area (Å²) in [6, 6.07) is 5.58. The molecule has 0 aliphatic heterocycles. The van der Waals surface area contributed by atoms with Crippen LogP contribution in [0.2, 0.25) is 5.02 Å². The molecule has 9 heteroatoms. The van der Waals surface area contributed by atoms with Crippen molar-refractivity contribution in [3.8, 4) is 0 Å².